The van der Waals surface area contributed by atoms with Crippen molar-refractivity contribution in [1.29, 1.82) is 0 Å². The zero-order chi connectivity index (χ0) is 11.8. The molecule has 0 bridgehead atoms. The fourth-order valence-corrected chi connectivity index (χ4v) is 2.51. The maximum absolute atomic E-state index is 5.51. The normalized spacial score (nSPS) is 21.2. The molecule has 0 aliphatic carbocycles. The molecule has 1 aliphatic rings. The van der Waals surface area contributed by atoms with Crippen LogP contribution in [0.3, 0.4) is 0 Å². The van der Waals surface area contributed by atoms with Gasteiger partial charge in [-0.15, -0.1) is 0 Å². The molecule has 1 saturated heterocycles. The highest BCUT2D eigenvalue weighted by Gasteiger charge is 2.19. The van der Waals surface area contributed by atoms with Gasteiger partial charge in [-0.1, -0.05) is 13.3 Å². The summed E-state index contributed by atoms with van der Waals surface area (Å²) in [6.07, 6.45) is 5.08. The van der Waals surface area contributed by atoms with Crippen molar-refractivity contribution in [3.05, 3.63) is 0 Å². The van der Waals surface area contributed by atoms with Gasteiger partial charge in [0.2, 0.25) is 0 Å². The first-order valence-electron chi connectivity index (χ1n) is 6.94. The molecule has 1 aliphatic heterocycles. The van der Waals surface area contributed by atoms with E-state index in [9.17, 15) is 0 Å². The predicted octanol–water partition coefficient (Wildman–Crippen LogP) is 1.53. The average Bonchev–Trinajstić information content (AvgIpc) is 2.30. The Morgan fingerprint density at radius 3 is 2.38 bits per heavy atom. The van der Waals surface area contributed by atoms with Crippen LogP contribution in [0.5, 0.6) is 0 Å². The number of unbranched alkanes of at least 4 members (excludes halogenated alkanes) is 1. The van der Waals surface area contributed by atoms with Crippen LogP contribution in [0.25, 0.3) is 0 Å². The van der Waals surface area contributed by atoms with Gasteiger partial charge in [0, 0.05) is 32.2 Å². The fourth-order valence-electron chi connectivity index (χ4n) is 2.51. The van der Waals surface area contributed by atoms with Gasteiger partial charge in [-0.2, -0.15) is 0 Å². The Bertz CT molecular complexity index is 165. The van der Waals surface area contributed by atoms with Gasteiger partial charge in [-0.3, -0.25) is 4.90 Å². The molecule has 1 rings (SSSR count). The van der Waals surface area contributed by atoms with Gasteiger partial charge in [0.15, 0.2) is 0 Å². The molecule has 1 atom stereocenters. The molecular weight excluding hydrogens is 198 g/mol. The van der Waals surface area contributed by atoms with Gasteiger partial charge in [0.25, 0.3) is 0 Å². The Kier molecular flexibility index (Phi) is 7.01. The molecule has 0 amide bonds. The Balaban J connectivity index is 2.13. The third-order valence-electron chi connectivity index (χ3n) is 3.67. The predicted molar refractivity (Wildman–Crippen MR) is 70.7 cm³/mol. The van der Waals surface area contributed by atoms with Gasteiger partial charge in [-0.25, -0.2) is 0 Å². The third-order valence-corrected chi connectivity index (χ3v) is 3.67. The number of nitrogens with two attached hydrogens (primary N) is 1. The largest absolute Gasteiger partial charge is 0.330 e. The monoisotopic (exact) mass is 227 g/mol. The van der Waals surface area contributed by atoms with Crippen LogP contribution < -0.4 is 5.73 Å². The van der Waals surface area contributed by atoms with Crippen molar-refractivity contribution in [2.75, 3.05) is 39.3 Å². The molecule has 16 heavy (non-hydrogen) atoms. The minimum Gasteiger partial charge on any atom is -0.330 e. The lowest BCUT2D eigenvalue weighted by atomic mass is 10.1. The smallest absolute Gasteiger partial charge is 0.0113 e. The Morgan fingerprint density at radius 1 is 1.12 bits per heavy atom. The first-order valence-corrected chi connectivity index (χ1v) is 6.94. The topological polar surface area (TPSA) is 32.5 Å². The molecule has 0 radical (unpaired) electrons. The average molecular weight is 227 g/mol. The lowest BCUT2D eigenvalue weighted by Crippen LogP contribution is -2.49. The Morgan fingerprint density at radius 2 is 1.81 bits per heavy atom. The van der Waals surface area contributed by atoms with Crippen molar-refractivity contribution in [2.24, 2.45) is 5.73 Å². The summed E-state index contributed by atoms with van der Waals surface area (Å²) in [5, 5.41) is 0. The van der Waals surface area contributed by atoms with Crippen LogP contribution >= 0.6 is 0 Å². The number of piperazine rings is 1. The van der Waals surface area contributed by atoms with Crippen molar-refractivity contribution in [2.45, 2.75) is 45.6 Å². The van der Waals surface area contributed by atoms with Gasteiger partial charge < -0.3 is 10.6 Å². The molecule has 3 heteroatoms. The van der Waals surface area contributed by atoms with Gasteiger partial charge in [0.05, 0.1) is 0 Å². The molecule has 2 N–H and O–H groups in total. The summed E-state index contributed by atoms with van der Waals surface area (Å²) >= 11 is 0. The van der Waals surface area contributed by atoms with E-state index < -0.39 is 0 Å². The van der Waals surface area contributed by atoms with Gasteiger partial charge in [-0.05, 0) is 39.3 Å². The molecular formula is C13H29N3. The number of hydrogen-bond donors (Lipinski definition) is 1. The Hall–Kier alpha value is -0.120. The van der Waals surface area contributed by atoms with Gasteiger partial charge in [0.1, 0.15) is 0 Å². The standard InChI is InChI=1S/C13H29N3/c1-3-6-13(2)16-11-9-15(10-12-16)8-5-4-7-14/h13H,3-12,14H2,1-2H3. The first kappa shape index (κ1) is 13.9. The van der Waals surface area contributed by atoms with Crippen molar-refractivity contribution in [1.82, 2.24) is 9.80 Å². The second-order valence-electron chi connectivity index (χ2n) is 5.01. The van der Waals surface area contributed by atoms with E-state index in [1.54, 1.807) is 0 Å². The van der Waals surface area contributed by atoms with E-state index >= 15 is 0 Å². The highest BCUT2D eigenvalue weighted by Crippen LogP contribution is 2.10. The quantitative estimate of drug-likeness (QED) is 0.670. The summed E-state index contributed by atoms with van der Waals surface area (Å²) in [6.45, 7) is 11.7. The zero-order valence-electron chi connectivity index (χ0n) is 11.1. The second kappa shape index (κ2) is 8.04. The number of nitrogens with zero attached hydrogens (tertiary/aromatic N) is 2. The van der Waals surface area contributed by atoms with Crippen LogP contribution in [-0.2, 0) is 0 Å². The van der Waals surface area contributed by atoms with E-state index in [0.29, 0.717) is 0 Å². The maximum atomic E-state index is 5.51. The summed E-state index contributed by atoms with van der Waals surface area (Å²) in [4.78, 5) is 5.23. The minimum atomic E-state index is 0.774. The maximum Gasteiger partial charge on any atom is 0.0113 e. The molecule has 0 aromatic heterocycles. The summed E-state index contributed by atoms with van der Waals surface area (Å²) < 4.78 is 0. The van der Waals surface area contributed by atoms with E-state index in [4.69, 9.17) is 5.73 Å². The zero-order valence-corrected chi connectivity index (χ0v) is 11.1. The second-order valence-corrected chi connectivity index (χ2v) is 5.01. The van der Waals surface area contributed by atoms with E-state index in [2.05, 4.69) is 23.6 Å². The van der Waals surface area contributed by atoms with Gasteiger partial charge >= 0.3 is 0 Å². The molecule has 1 heterocycles. The summed E-state index contributed by atoms with van der Waals surface area (Å²) in [5.74, 6) is 0. The summed E-state index contributed by atoms with van der Waals surface area (Å²) in [6, 6.07) is 0.774. The molecule has 0 saturated carbocycles. The van der Waals surface area contributed by atoms with E-state index in [0.717, 1.165) is 12.6 Å². The van der Waals surface area contributed by atoms with Crippen LogP contribution in [0.1, 0.15) is 39.5 Å². The van der Waals surface area contributed by atoms with E-state index in [1.807, 2.05) is 0 Å². The lowest BCUT2D eigenvalue weighted by molar-refractivity contribution is 0.0975. The van der Waals surface area contributed by atoms with Crippen LogP contribution in [0.2, 0.25) is 0 Å². The van der Waals surface area contributed by atoms with Crippen molar-refractivity contribution >= 4 is 0 Å². The molecule has 0 aromatic carbocycles. The highest BCUT2D eigenvalue weighted by molar-refractivity contribution is 4.75. The summed E-state index contributed by atoms with van der Waals surface area (Å²) in [7, 11) is 0. The van der Waals surface area contributed by atoms with Crippen molar-refractivity contribution in [3.8, 4) is 0 Å². The highest BCUT2D eigenvalue weighted by atomic mass is 15.3. The number of rotatable bonds is 7. The van der Waals surface area contributed by atoms with Crippen LogP contribution in [-0.4, -0.2) is 55.1 Å². The van der Waals surface area contributed by atoms with Crippen molar-refractivity contribution in [3.63, 3.8) is 0 Å². The van der Waals surface area contributed by atoms with E-state index in [1.165, 1.54) is 58.4 Å². The van der Waals surface area contributed by atoms with Crippen LogP contribution in [0.4, 0.5) is 0 Å². The first-order chi connectivity index (χ1) is 7.77. The minimum absolute atomic E-state index is 0.774. The molecule has 96 valence electrons. The summed E-state index contributed by atoms with van der Waals surface area (Å²) in [5.41, 5.74) is 5.51. The number of hydrogen-bond acceptors (Lipinski definition) is 3. The molecule has 0 spiro atoms. The SMILES string of the molecule is CCCC(C)N1CCN(CCCCN)CC1. The molecule has 1 fully saturated rings. The molecule has 0 aromatic rings. The third kappa shape index (κ3) is 4.81. The Labute approximate surface area is 101 Å². The van der Waals surface area contributed by atoms with Crippen LogP contribution in [0, 0.1) is 0 Å². The molecule has 1 unspecified atom stereocenters. The van der Waals surface area contributed by atoms with Crippen molar-refractivity contribution < 1.29 is 0 Å². The lowest BCUT2D eigenvalue weighted by Gasteiger charge is -2.38. The van der Waals surface area contributed by atoms with Crippen LogP contribution in [0.15, 0.2) is 0 Å². The fraction of sp³-hybridized carbons (Fsp3) is 1.00. The molecule has 3 nitrogen and oxygen atoms in total. The van der Waals surface area contributed by atoms with E-state index in [-0.39, 0.29) is 0 Å².